The Kier molecular flexibility index (Phi) is 4.14. The molecular weight excluding hydrogens is 190 g/mol. The van der Waals surface area contributed by atoms with Crippen LogP contribution in [-0.4, -0.2) is 17.6 Å². The topological polar surface area (TPSA) is 63.3 Å². The Hall–Kier alpha value is -0.570. The van der Waals surface area contributed by atoms with Crippen LogP contribution in [0.15, 0.2) is 0 Å². The SMILES string of the molecule is CCC(CC)CCC1CC1(CN)C(=O)O. The smallest absolute Gasteiger partial charge is 0.311 e. The van der Waals surface area contributed by atoms with Crippen molar-refractivity contribution in [3.05, 3.63) is 0 Å². The van der Waals surface area contributed by atoms with Gasteiger partial charge in [0.1, 0.15) is 0 Å². The average Bonchev–Trinajstić information content (AvgIpc) is 2.95. The van der Waals surface area contributed by atoms with Gasteiger partial charge >= 0.3 is 5.97 Å². The van der Waals surface area contributed by atoms with Crippen LogP contribution in [0, 0.1) is 17.3 Å². The Morgan fingerprint density at radius 1 is 1.53 bits per heavy atom. The lowest BCUT2D eigenvalue weighted by Crippen LogP contribution is -2.27. The summed E-state index contributed by atoms with van der Waals surface area (Å²) in [6.07, 6.45) is 5.39. The van der Waals surface area contributed by atoms with Crippen molar-refractivity contribution in [2.24, 2.45) is 23.0 Å². The number of rotatable bonds is 7. The molecule has 1 rings (SSSR count). The monoisotopic (exact) mass is 213 g/mol. The van der Waals surface area contributed by atoms with Crippen LogP contribution in [0.25, 0.3) is 0 Å². The molecule has 0 radical (unpaired) electrons. The van der Waals surface area contributed by atoms with E-state index in [4.69, 9.17) is 10.8 Å². The maximum Gasteiger partial charge on any atom is 0.311 e. The van der Waals surface area contributed by atoms with Crippen LogP contribution in [0.4, 0.5) is 0 Å². The largest absolute Gasteiger partial charge is 0.481 e. The van der Waals surface area contributed by atoms with Gasteiger partial charge in [0.05, 0.1) is 5.41 Å². The predicted octanol–water partition coefficient (Wildman–Crippen LogP) is 2.25. The number of carboxylic acids is 1. The molecule has 0 aromatic carbocycles. The number of hydrogen-bond acceptors (Lipinski definition) is 2. The lowest BCUT2D eigenvalue weighted by atomic mass is 9.93. The van der Waals surface area contributed by atoms with Crippen LogP contribution in [0.5, 0.6) is 0 Å². The van der Waals surface area contributed by atoms with Crippen molar-refractivity contribution in [1.82, 2.24) is 0 Å². The van der Waals surface area contributed by atoms with Crippen molar-refractivity contribution in [1.29, 1.82) is 0 Å². The molecular formula is C12H23NO2. The summed E-state index contributed by atoms with van der Waals surface area (Å²) in [4.78, 5) is 11.0. The molecule has 1 fully saturated rings. The molecule has 2 atom stereocenters. The van der Waals surface area contributed by atoms with E-state index in [1.165, 1.54) is 12.8 Å². The van der Waals surface area contributed by atoms with E-state index in [0.29, 0.717) is 12.5 Å². The first-order valence-electron chi connectivity index (χ1n) is 6.04. The maximum absolute atomic E-state index is 11.0. The van der Waals surface area contributed by atoms with Crippen molar-refractivity contribution in [2.45, 2.75) is 46.0 Å². The van der Waals surface area contributed by atoms with Crippen LogP contribution in [0.3, 0.4) is 0 Å². The molecule has 2 unspecified atom stereocenters. The van der Waals surface area contributed by atoms with Crippen molar-refractivity contribution < 1.29 is 9.90 Å². The number of hydrogen-bond donors (Lipinski definition) is 2. The Labute approximate surface area is 92.0 Å². The lowest BCUT2D eigenvalue weighted by molar-refractivity contribution is -0.143. The number of nitrogens with two attached hydrogens (primary N) is 1. The van der Waals surface area contributed by atoms with Gasteiger partial charge in [-0.25, -0.2) is 0 Å². The van der Waals surface area contributed by atoms with Crippen molar-refractivity contribution in [3.63, 3.8) is 0 Å². The second-order valence-corrected chi connectivity index (χ2v) is 4.83. The third kappa shape index (κ3) is 2.51. The van der Waals surface area contributed by atoms with E-state index in [1.54, 1.807) is 0 Å². The highest BCUT2D eigenvalue weighted by atomic mass is 16.4. The maximum atomic E-state index is 11.0. The van der Waals surface area contributed by atoms with Gasteiger partial charge in [-0.3, -0.25) is 4.79 Å². The van der Waals surface area contributed by atoms with Crippen LogP contribution in [0.1, 0.15) is 46.0 Å². The Balaban J connectivity index is 2.34. The number of carboxylic acid groups (broad SMARTS) is 1. The molecule has 0 aromatic heterocycles. The molecule has 1 aliphatic rings. The standard InChI is InChI=1S/C12H23NO2/c1-3-9(4-2)5-6-10-7-12(10,8-13)11(14)15/h9-10H,3-8,13H2,1-2H3,(H,14,15). The van der Waals surface area contributed by atoms with Crippen LogP contribution in [0.2, 0.25) is 0 Å². The van der Waals surface area contributed by atoms with Gasteiger partial charge in [-0.1, -0.05) is 33.1 Å². The van der Waals surface area contributed by atoms with Gasteiger partial charge in [0.2, 0.25) is 0 Å². The third-order valence-corrected chi connectivity index (χ3v) is 4.10. The van der Waals surface area contributed by atoms with Crippen LogP contribution >= 0.6 is 0 Å². The Bertz CT molecular complexity index is 226. The normalized spacial score (nSPS) is 29.5. The van der Waals surface area contributed by atoms with Gasteiger partial charge in [-0.15, -0.1) is 0 Å². The summed E-state index contributed by atoms with van der Waals surface area (Å²) in [5.74, 6) is 0.398. The van der Waals surface area contributed by atoms with E-state index in [2.05, 4.69) is 13.8 Å². The lowest BCUT2D eigenvalue weighted by Gasteiger charge is -2.13. The summed E-state index contributed by atoms with van der Waals surface area (Å²) in [5.41, 5.74) is 4.99. The first kappa shape index (κ1) is 12.5. The van der Waals surface area contributed by atoms with E-state index >= 15 is 0 Å². The highest BCUT2D eigenvalue weighted by Crippen LogP contribution is 2.54. The molecule has 3 N–H and O–H groups in total. The van der Waals surface area contributed by atoms with Gasteiger partial charge in [0.25, 0.3) is 0 Å². The molecule has 0 amide bonds. The fourth-order valence-electron chi connectivity index (χ4n) is 2.49. The Morgan fingerprint density at radius 3 is 2.47 bits per heavy atom. The Morgan fingerprint density at radius 2 is 2.13 bits per heavy atom. The summed E-state index contributed by atoms with van der Waals surface area (Å²) in [7, 11) is 0. The molecule has 3 nitrogen and oxygen atoms in total. The second-order valence-electron chi connectivity index (χ2n) is 4.83. The molecule has 1 aliphatic carbocycles. The number of carbonyl (C=O) groups is 1. The molecule has 0 aliphatic heterocycles. The molecule has 0 aromatic rings. The van der Waals surface area contributed by atoms with Gasteiger partial charge in [-0.05, 0) is 24.7 Å². The van der Waals surface area contributed by atoms with Gasteiger partial charge in [-0.2, -0.15) is 0 Å². The molecule has 88 valence electrons. The van der Waals surface area contributed by atoms with E-state index in [0.717, 1.165) is 25.2 Å². The van der Waals surface area contributed by atoms with Gasteiger partial charge < -0.3 is 10.8 Å². The molecule has 1 saturated carbocycles. The van der Waals surface area contributed by atoms with E-state index in [9.17, 15) is 4.79 Å². The van der Waals surface area contributed by atoms with Gasteiger partial charge in [0, 0.05) is 6.54 Å². The predicted molar refractivity (Wildman–Crippen MR) is 60.5 cm³/mol. The molecule has 15 heavy (non-hydrogen) atoms. The molecule has 3 heteroatoms. The molecule has 0 bridgehead atoms. The fraction of sp³-hybridized carbons (Fsp3) is 0.917. The summed E-state index contributed by atoms with van der Waals surface area (Å²) < 4.78 is 0. The van der Waals surface area contributed by atoms with E-state index in [-0.39, 0.29) is 0 Å². The zero-order valence-electron chi connectivity index (χ0n) is 9.83. The summed E-state index contributed by atoms with van der Waals surface area (Å²) in [6.45, 7) is 4.71. The summed E-state index contributed by atoms with van der Waals surface area (Å²) in [6, 6.07) is 0. The van der Waals surface area contributed by atoms with Crippen molar-refractivity contribution in [3.8, 4) is 0 Å². The third-order valence-electron chi connectivity index (χ3n) is 4.10. The molecule has 0 spiro atoms. The van der Waals surface area contributed by atoms with Crippen molar-refractivity contribution in [2.75, 3.05) is 6.54 Å². The van der Waals surface area contributed by atoms with E-state index in [1.807, 2.05) is 0 Å². The summed E-state index contributed by atoms with van der Waals surface area (Å²) in [5, 5.41) is 9.07. The first-order valence-corrected chi connectivity index (χ1v) is 6.04. The molecule has 0 heterocycles. The van der Waals surface area contributed by atoms with Gasteiger partial charge in [0.15, 0.2) is 0 Å². The van der Waals surface area contributed by atoms with Crippen LogP contribution in [-0.2, 0) is 4.79 Å². The highest BCUT2D eigenvalue weighted by molar-refractivity contribution is 5.78. The summed E-state index contributed by atoms with van der Waals surface area (Å²) >= 11 is 0. The van der Waals surface area contributed by atoms with Crippen LogP contribution < -0.4 is 5.73 Å². The highest BCUT2D eigenvalue weighted by Gasteiger charge is 2.58. The first-order chi connectivity index (χ1) is 7.10. The fourth-order valence-corrected chi connectivity index (χ4v) is 2.49. The number of aliphatic carboxylic acids is 1. The van der Waals surface area contributed by atoms with Crippen molar-refractivity contribution >= 4 is 5.97 Å². The second kappa shape index (κ2) is 4.97. The minimum absolute atomic E-state index is 0.302. The minimum atomic E-state index is -0.695. The zero-order chi connectivity index (χ0) is 11.5. The quantitative estimate of drug-likeness (QED) is 0.681. The van der Waals surface area contributed by atoms with E-state index < -0.39 is 11.4 Å². The molecule has 0 saturated heterocycles. The zero-order valence-corrected chi connectivity index (χ0v) is 9.83. The minimum Gasteiger partial charge on any atom is -0.481 e. The average molecular weight is 213 g/mol.